The first kappa shape index (κ1) is 23.6. The molecule has 0 saturated carbocycles. The van der Waals surface area contributed by atoms with Gasteiger partial charge in [-0.2, -0.15) is 0 Å². The van der Waals surface area contributed by atoms with Crippen LogP contribution in [0.1, 0.15) is 40.7 Å². The van der Waals surface area contributed by atoms with Crippen LogP contribution in [0.25, 0.3) is 16.7 Å². The summed E-state index contributed by atoms with van der Waals surface area (Å²) in [5.74, 6) is -0.968. The summed E-state index contributed by atoms with van der Waals surface area (Å²) in [5, 5.41) is 11.9. The Morgan fingerprint density at radius 3 is 2.29 bits per heavy atom. The van der Waals surface area contributed by atoms with Crippen LogP contribution < -0.4 is 5.32 Å². The molecule has 0 bridgehead atoms. The molecule has 0 aliphatic heterocycles. The van der Waals surface area contributed by atoms with Gasteiger partial charge in [0.25, 0.3) is 5.91 Å². The smallest absolute Gasteiger partial charge is 0.303 e. The lowest BCUT2D eigenvalue weighted by molar-refractivity contribution is -0.137. The number of allylic oxidation sites excluding steroid dienone is 1. The average Bonchev–Trinajstić information content (AvgIpc) is 2.90. The molecule has 35 heavy (non-hydrogen) atoms. The van der Waals surface area contributed by atoms with E-state index in [-0.39, 0.29) is 12.3 Å². The van der Waals surface area contributed by atoms with E-state index in [9.17, 15) is 9.59 Å². The molecule has 1 amide bonds. The summed E-state index contributed by atoms with van der Waals surface area (Å²) >= 11 is 0. The summed E-state index contributed by atoms with van der Waals surface area (Å²) in [6, 6.07) is 28.9. The number of nitrogens with one attached hydrogen (secondary N) is 1. The highest BCUT2D eigenvalue weighted by atomic mass is 16.4. The number of hydrogen-bond donors (Lipinski definition) is 2. The molecule has 2 N–H and O–H groups in total. The molecule has 3 aromatic carbocycles. The lowest BCUT2D eigenvalue weighted by atomic mass is 9.97. The quantitative estimate of drug-likeness (QED) is 0.272. The summed E-state index contributed by atoms with van der Waals surface area (Å²) < 4.78 is 0. The number of aromatic nitrogens is 1. The van der Waals surface area contributed by atoms with Crippen molar-refractivity contribution in [3.05, 3.63) is 126 Å². The fourth-order valence-corrected chi connectivity index (χ4v) is 3.91. The van der Waals surface area contributed by atoms with Gasteiger partial charge in [0.2, 0.25) is 0 Å². The highest BCUT2D eigenvalue weighted by Crippen LogP contribution is 2.27. The maximum atomic E-state index is 13.1. The number of carbonyl (C=O) groups excluding carboxylic acids is 1. The molecule has 0 saturated heterocycles. The van der Waals surface area contributed by atoms with Gasteiger partial charge in [-0.25, -0.2) is 0 Å². The van der Waals surface area contributed by atoms with E-state index in [0.717, 1.165) is 27.8 Å². The fourth-order valence-electron chi connectivity index (χ4n) is 3.91. The Hall–Kier alpha value is -4.51. The van der Waals surface area contributed by atoms with Crippen LogP contribution in [-0.2, 0) is 4.79 Å². The first-order valence-electron chi connectivity index (χ1n) is 11.5. The van der Waals surface area contributed by atoms with E-state index in [1.807, 2.05) is 97.1 Å². The highest BCUT2D eigenvalue weighted by molar-refractivity contribution is 6.08. The lowest BCUT2D eigenvalue weighted by Crippen LogP contribution is -2.13. The lowest BCUT2D eigenvalue weighted by Gasteiger charge is -2.12. The minimum Gasteiger partial charge on any atom is -0.481 e. The Balaban J connectivity index is 1.54. The first-order chi connectivity index (χ1) is 17.1. The van der Waals surface area contributed by atoms with Gasteiger partial charge < -0.3 is 10.4 Å². The van der Waals surface area contributed by atoms with Crippen molar-refractivity contribution in [2.75, 3.05) is 5.32 Å². The summed E-state index contributed by atoms with van der Waals surface area (Å²) in [4.78, 5) is 28.2. The van der Waals surface area contributed by atoms with Gasteiger partial charge in [0.15, 0.2) is 0 Å². The maximum Gasteiger partial charge on any atom is 0.303 e. The summed E-state index contributed by atoms with van der Waals surface area (Å²) in [7, 11) is 0. The molecule has 0 aliphatic carbocycles. The number of carbonyl (C=O) groups is 2. The van der Waals surface area contributed by atoms with Gasteiger partial charge in [0.1, 0.15) is 0 Å². The second-order valence-electron chi connectivity index (χ2n) is 8.09. The minimum absolute atomic E-state index is 0.131. The molecular formula is C30H26N2O3. The molecular weight excluding hydrogens is 436 g/mol. The van der Waals surface area contributed by atoms with E-state index in [4.69, 9.17) is 5.11 Å². The Morgan fingerprint density at radius 1 is 0.829 bits per heavy atom. The molecule has 4 rings (SSSR count). The number of hydrogen-bond acceptors (Lipinski definition) is 3. The van der Waals surface area contributed by atoms with Crippen LogP contribution in [0.2, 0.25) is 0 Å². The van der Waals surface area contributed by atoms with Crippen molar-refractivity contribution >= 4 is 23.1 Å². The molecule has 174 valence electrons. The minimum atomic E-state index is -0.796. The summed E-state index contributed by atoms with van der Waals surface area (Å²) in [5.41, 5.74) is 6.08. The SMILES string of the molecule is O=C(O)CCC/C=C(/c1ccc(NC(=O)c2ccccc2-c2ccccc2)cc1)c1cccnc1. The number of nitrogens with zero attached hydrogens (tertiary/aromatic N) is 1. The van der Waals surface area contributed by atoms with E-state index >= 15 is 0 Å². The van der Waals surface area contributed by atoms with Gasteiger partial charge in [-0.05, 0) is 59.4 Å². The van der Waals surface area contributed by atoms with Crippen LogP contribution in [0, 0.1) is 0 Å². The maximum absolute atomic E-state index is 13.1. The molecule has 0 radical (unpaired) electrons. The standard InChI is InChI=1S/C30H26N2O3/c33-29(34)15-7-6-12-26(24-11-8-20-31-21-24)23-16-18-25(19-17-23)32-30(35)28-14-5-4-13-27(28)22-9-2-1-3-10-22/h1-5,8-14,16-21H,6-7,15H2,(H,32,35)(H,33,34)/b26-12-. The van der Waals surface area contributed by atoms with E-state index in [2.05, 4.69) is 10.3 Å². The van der Waals surface area contributed by atoms with Crippen LogP contribution in [0.15, 0.2) is 109 Å². The van der Waals surface area contributed by atoms with Gasteiger partial charge >= 0.3 is 5.97 Å². The third kappa shape index (κ3) is 6.30. The van der Waals surface area contributed by atoms with Crippen LogP contribution in [0.4, 0.5) is 5.69 Å². The van der Waals surface area contributed by atoms with Crippen molar-refractivity contribution in [3.63, 3.8) is 0 Å². The van der Waals surface area contributed by atoms with Crippen LogP contribution in [-0.4, -0.2) is 22.0 Å². The van der Waals surface area contributed by atoms with Gasteiger partial charge in [0, 0.05) is 35.6 Å². The largest absolute Gasteiger partial charge is 0.481 e. The van der Waals surface area contributed by atoms with Gasteiger partial charge in [-0.1, -0.05) is 72.8 Å². The van der Waals surface area contributed by atoms with Crippen molar-refractivity contribution in [2.24, 2.45) is 0 Å². The Labute approximate surface area is 204 Å². The summed E-state index contributed by atoms with van der Waals surface area (Å²) in [6.07, 6.45) is 6.89. The predicted octanol–water partition coefficient (Wildman–Crippen LogP) is 6.69. The Bertz CT molecular complexity index is 1310. The Kier molecular flexibility index (Phi) is 7.81. The molecule has 1 aromatic heterocycles. The third-order valence-electron chi connectivity index (χ3n) is 5.63. The van der Waals surface area contributed by atoms with Crippen molar-refractivity contribution in [1.29, 1.82) is 0 Å². The van der Waals surface area contributed by atoms with E-state index in [1.165, 1.54) is 0 Å². The van der Waals surface area contributed by atoms with Crippen molar-refractivity contribution in [1.82, 2.24) is 4.98 Å². The second-order valence-corrected chi connectivity index (χ2v) is 8.09. The van der Waals surface area contributed by atoms with Gasteiger partial charge in [-0.15, -0.1) is 0 Å². The Morgan fingerprint density at radius 2 is 1.57 bits per heavy atom. The van der Waals surface area contributed by atoms with E-state index in [1.54, 1.807) is 12.4 Å². The number of unbranched alkanes of at least 4 members (excludes halogenated alkanes) is 1. The molecule has 0 spiro atoms. The van der Waals surface area contributed by atoms with Crippen molar-refractivity contribution in [3.8, 4) is 11.1 Å². The zero-order valence-corrected chi connectivity index (χ0v) is 19.2. The molecule has 0 atom stereocenters. The van der Waals surface area contributed by atoms with E-state index < -0.39 is 5.97 Å². The van der Waals surface area contributed by atoms with E-state index in [0.29, 0.717) is 24.1 Å². The van der Waals surface area contributed by atoms with Gasteiger partial charge in [0.05, 0.1) is 0 Å². The number of carboxylic acid groups (broad SMARTS) is 1. The molecule has 1 heterocycles. The number of amides is 1. The topological polar surface area (TPSA) is 79.3 Å². The monoisotopic (exact) mass is 462 g/mol. The number of benzene rings is 3. The number of pyridine rings is 1. The normalized spacial score (nSPS) is 11.1. The van der Waals surface area contributed by atoms with Gasteiger partial charge in [-0.3, -0.25) is 14.6 Å². The van der Waals surface area contributed by atoms with Crippen LogP contribution in [0.5, 0.6) is 0 Å². The van der Waals surface area contributed by atoms with Crippen LogP contribution in [0.3, 0.4) is 0 Å². The third-order valence-corrected chi connectivity index (χ3v) is 5.63. The van der Waals surface area contributed by atoms with Crippen LogP contribution >= 0.6 is 0 Å². The number of anilines is 1. The number of carboxylic acids is 1. The predicted molar refractivity (Wildman–Crippen MR) is 139 cm³/mol. The molecule has 0 fully saturated rings. The molecule has 0 aliphatic rings. The number of aliphatic carboxylic acids is 1. The molecule has 4 aromatic rings. The fraction of sp³-hybridized carbons (Fsp3) is 0.100. The average molecular weight is 463 g/mol. The second kappa shape index (κ2) is 11.6. The van der Waals surface area contributed by atoms with Crippen molar-refractivity contribution in [2.45, 2.75) is 19.3 Å². The van der Waals surface area contributed by atoms with Crippen molar-refractivity contribution < 1.29 is 14.7 Å². The molecule has 0 unspecified atom stereocenters. The molecule has 5 heteroatoms. The zero-order chi connectivity index (χ0) is 24.5. The number of rotatable bonds is 9. The highest BCUT2D eigenvalue weighted by Gasteiger charge is 2.13. The summed E-state index contributed by atoms with van der Waals surface area (Å²) in [6.45, 7) is 0. The zero-order valence-electron chi connectivity index (χ0n) is 19.2. The molecule has 5 nitrogen and oxygen atoms in total. The first-order valence-corrected chi connectivity index (χ1v) is 11.5.